The van der Waals surface area contributed by atoms with Crippen LogP contribution in [0.25, 0.3) is 0 Å². The molecule has 0 aromatic heterocycles. The van der Waals surface area contributed by atoms with E-state index in [1.807, 2.05) is 72.9 Å². The lowest BCUT2D eigenvalue weighted by Crippen LogP contribution is -2.30. The minimum Gasteiger partial charge on any atom is -0.462 e. The van der Waals surface area contributed by atoms with Gasteiger partial charge < -0.3 is 14.2 Å². The highest BCUT2D eigenvalue weighted by Crippen LogP contribution is 2.15. The third-order valence-electron chi connectivity index (χ3n) is 10.9. The summed E-state index contributed by atoms with van der Waals surface area (Å²) in [6.45, 7) is 6.45. The third-order valence-corrected chi connectivity index (χ3v) is 10.9. The van der Waals surface area contributed by atoms with Gasteiger partial charge in [-0.05, 0) is 38.5 Å². The van der Waals surface area contributed by atoms with Gasteiger partial charge in [0.25, 0.3) is 0 Å². The van der Waals surface area contributed by atoms with Crippen LogP contribution in [0.1, 0.15) is 233 Å². The Morgan fingerprint density at radius 3 is 0.984 bits per heavy atom. The fourth-order valence-electron chi connectivity index (χ4n) is 7.01. The molecule has 354 valence electrons. The Bertz CT molecular complexity index is 1220. The van der Waals surface area contributed by atoms with Crippen LogP contribution in [0.3, 0.4) is 0 Å². The molecule has 0 aromatic carbocycles. The molecule has 0 aromatic rings. The first-order valence-corrected chi connectivity index (χ1v) is 25.7. The Labute approximate surface area is 382 Å². The van der Waals surface area contributed by atoms with E-state index >= 15 is 0 Å². The summed E-state index contributed by atoms with van der Waals surface area (Å²) in [5, 5.41) is 0. The average Bonchev–Trinajstić information content (AvgIpc) is 3.27. The Hall–Kier alpha value is -3.41. The molecule has 62 heavy (non-hydrogen) atoms. The number of hydrogen-bond donors (Lipinski definition) is 0. The normalized spacial score (nSPS) is 12.8. The summed E-state index contributed by atoms with van der Waals surface area (Å²) >= 11 is 0. The van der Waals surface area contributed by atoms with Gasteiger partial charge in [-0.15, -0.1) is 0 Å². The van der Waals surface area contributed by atoms with Crippen molar-refractivity contribution >= 4 is 17.9 Å². The maximum atomic E-state index is 12.8. The molecule has 6 nitrogen and oxygen atoms in total. The second-order valence-corrected chi connectivity index (χ2v) is 16.9. The second kappa shape index (κ2) is 50.2. The maximum absolute atomic E-state index is 12.8. The van der Waals surface area contributed by atoms with Crippen molar-refractivity contribution in [2.75, 3.05) is 13.2 Å². The number of carbonyl (C=O) groups is 3. The first kappa shape index (κ1) is 58.6. The fourth-order valence-corrected chi connectivity index (χ4v) is 7.01. The standard InChI is InChI=1S/C56H94O6/c1-4-7-10-13-16-19-22-24-26-27-28-29-30-32-34-37-40-43-46-49-55(58)61-52-53(51-60-54(57)48-45-42-39-36-33-21-18-15-12-9-6-3)62-56(59)50-47-44-41-38-35-31-25-23-20-17-14-11-8-5-2/h7,10,13,16,19,22,24,26-30,32,34,53H,4-6,8-9,11-12,14-15,17-18,20-21,23,25,31,33,35-52H2,1-3H3/b10-7-,16-13-,22-19-,26-24-,28-27+,30-29-,34-32-. The molecule has 0 spiro atoms. The number of esters is 3. The van der Waals surface area contributed by atoms with Gasteiger partial charge in [0, 0.05) is 19.3 Å². The van der Waals surface area contributed by atoms with E-state index in [9.17, 15) is 14.4 Å². The molecule has 0 radical (unpaired) electrons. The molecule has 0 aliphatic rings. The first-order chi connectivity index (χ1) is 30.5. The zero-order chi connectivity index (χ0) is 45.1. The van der Waals surface area contributed by atoms with Crippen LogP contribution in [0.2, 0.25) is 0 Å². The SMILES string of the molecule is CC\C=C/C=C\C=C/C=C\C=C\C=C/C=C\CCCCCC(=O)OCC(COC(=O)CCCCCCCCCCCCC)OC(=O)CCCCCCCCCCCCCCCC. The summed E-state index contributed by atoms with van der Waals surface area (Å²) in [5.41, 5.74) is 0. The van der Waals surface area contributed by atoms with Crippen LogP contribution in [-0.2, 0) is 28.6 Å². The van der Waals surface area contributed by atoms with Crippen molar-refractivity contribution in [3.8, 4) is 0 Å². The minimum atomic E-state index is -0.791. The van der Waals surface area contributed by atoms with Gasteiger partial charge in [-0.3, -0.25) is 14.4 Å². The Morgan fingerprint density at radius 2 is 0.629 bits per heavy atom. The molecular formula is C56H94O6. The highest BCUT2D eigenvalue weighted by molar-refractivity contribution is 5.71. The van der Waals surface area contributed by atoms with Gasteiger partial charge >= 0.3 is 17.9 Å². The van der Waals surface area contributed by atoms with Crippen molar-refractivity contribution in [1.29, 1.82) is 0 Å². The van der Waals surface area contributed by atoms with E-state index in [0.717, 1.165) is 70.6 Å². The molecule has 0 heterocycles. The quantitative estimate of drug-likeness (QED) is 0.0263. The number of allylic oxidation sites excluding steroid dienone is 14. The molecule has 1 atom stereocenters. The number of unbranched alkanes of at least 4 members (excludes halogenated alkanes) is 26. The van der Waals surface area contributed by atoms with Crippen LogP contribution >= 0.6 is 0 Å². The van der Waals surface area contributed by atoms with E-state index in [4.69, 9.17) is 14.2 Å². The largest absolute Gasteiger partial charge is 0.462 e. The zero-order valence-electron chi connectivity index (χ0n) is 40.4. The molecule has 6 heteroatoms. The smallest absolute Gasteiger partial charge is 0.306 e. The molecular weight excluding hydrogens is 769 g/mol. The molecule has 1 unspecified atom stereocenters. The van der Waals surface area contributed by atoms with Gasteiger partial charge in [-0.1, -0.05) is 260 Å². The summed E-state index contributed by atoms with van der Waals surface area (Å²) in [6.07, 6.45) is 64.1. The molecule has 0 aliphatic carbocycles. The van der Waals surface area contributed by atoms with Crippen LogP contribution < -0.4 is 0 Å². The van der Waals surface area contributed by atoms with E-state index < -0.39 is 6.10 Å². The van der Waals surface area contributed by atoms with Crippen molar-refractivity contribution in [3.05, 3.63) is 85.1 Å². The highest BCUT2D eigenvalue weighted by atomic mass is 16.6. The zero-order valence-corrected chi connectivity index (χ0v) is 40.4. The predicted octanol–water partition coefficient (Wildman–Crippen LogP) is 16.8. The topological polar surface area (TPSA) is 78.9 Å². The van der Waals surface area contributed by atoms with E-state index in [2.05, 4.69) is 32.9 Å². The number of carbonyl (C=O) groups excluding carboxylic acids is 3. The van der Waals surface area contributed by atoms with Gasteiger partial charge in [0.15, 0.2) is 6.10 Å². The van der Waals surface area contributed by atoms with Crippen LogP contribution in [0.4, 0.5) is 0 Å². The molecule has 0 N–H and O–H groups in total. The number of hydrogen-bond acceptors (Lipinski definition) is 6. The van der Waals surface area contributed by atoms with Crippen molar-refractivity contribution < 1.29 is 28.6 Å². The Balaban J connectivity index is 4.46. The van der Waals surface area contributed by atoms with Gasteiger partial charge in [-0.25, -0.2) is 0 Å². The Kier molecular flexibility index (Phi) is 47.5. The van der Waals surface area contributed by atoms with Crippen molar-refractivity contribution in [2.24, 2.45) is 0 Å². The lowest BCUT2D eigenvalue weighted by molar-refractivity contribution is -0.167. The van der Waals surface area contributed by atoms with Gasteiger partial charge in [0.05, 0.1) is 0 Å². The summed E-state index contributed by atoms with van der Waals surface area (Å²) in [7, 11) is 0. The van der Waals surface area contributed by atoms with Gasteiger partial charge in [0.1, 0.15) is 13.2 Å². The lowest BCUT2D eigenvalue weighted by atomic mass is 10.0. The van der Waals surface area contributed by atoms with Crippen LogP contribution in [0, 0.1) is 0 Å². The number of ether oxygens (including phenoxy) is 3. The average molecular weight is 863 g/mol. The van der Waals surface area contributed by atoms with Crippen LogP contribution in [-0.4, -0.2) is 37.2 Å². The third kappa shape index (κ3) is 47.6. The van der Waals surface area contributed by atoms with Gasteiger partial charge in [-0.2, -0.15) is 0 Å². The highest BCUT2D eigenvalue weighted by Gasteiger charge is 2.19. The van der Waals surface area contributed by atoms with E-state index in [1.54, 1.807) is 0 Å². The molecule has 0 rings (SSSR count). The first-order valence-electron chi connectivity index (χ1n) is 25.7. The van der Waals surface area contributed by atoms with Crippen molar-refractivity contribution in [3.63, 3.8) is 0 Å². The molecule has 0 amide bonds. The van der Waals surface area contributed by atoms with Crippen LogP contribution in [0.5, 0.6) is 0 Å². The molecule has 0 bridgehead atoms. The molecule has 0 saturated carbocycles. The maximum Gasteiger partial charge on any atom is 0.306 e. The monoisotopic (exact) mass is 863 g/mol. The summed E-state index contributed by atoms with van der Waals surface area (Å²) in [4.78, 5) is 37.9. The van der Waals surface area contributed by atoms with Crippen molar-refractivity contribution in [2.45, 2.75) is 239 Å². The lowest BCUT2D eigenvalue weighted by Gasteiger charge is -2.18. The minimum absolute atomic E-state index is 0.0888. The molecule has 0 aliphatic heterocycles. The summed E-state index contributed by atoms with van der Waals surface area (Å²) in [6, 6.07) is 0. The van der Waals surface area contributed by atoms with E-state index in [0.29, 0.717) is 19.3 Å². The second-order valence-electron chi connectivity index (χ2n) is 16.9. The predicted molar refractivity (Wildman–Crippen MR) is 265 cm³/mol. The van der Waals surface area contributed by atoms with Crippen molar-refractivity contribution in [1.82, 2.24) is 0 Å². The molecule has 0 fully saturated rings. The van der Waals surface area contributed by atoms with Gasteiger partial charge in [0.2, 0.25) is 0 Å². The fraction of sp³-hybridized carbons (Fsp3) is 0.696. The molecule has 0 saturated heterocycles. The van der Waals surface area contributed by atoms with E-state index in [1.165, 1.54) is 122 Å². The summed E-state index contributed by atoms with van der Waals surface area (Å²) in [5.74, 6) is -0.934. The number of rotatable bonds is 45. The van der Waals surface area contributed by atoms with E-state index in [-0.39, 0.29) is 31.1 Å². The van der Waals surface area contributed by atoms with Crippen LogP contribution in [0.15, 0.2) is 85.1 Å². The Morgan fingerprint density at radius 1 is 0.339 bits per heavy atom. The summed E-state index contributed by atoms with van der Waals surface area (Å²) < 4.78 is 16.8.